The van der Waals surface area contributed by atoms with Crippen LogP contribution in [0.15, 0.2) is 35.5 Å². The Hall–Kier alpha value is -4.06. The van der Waals surface area contributed by atoms with E-state index in [9.17, 15) is 19.8 Å². The number of aromatic hydroxyl groups is 1. The lowest BCUT2D eigenvalue weighted by atomic mass is 9.78. The van der Waals surface area contributed by atoms with E-state index in [2.05, 4.69) is 16.9 Å². The number of unbranched alkanes of at least 4 members (excludes halogenated alkanes) is 2. The molecule has 1 amide bonds. The number of likely N-dealkylation sites (tertiary alicyclic amines) is 1. The fourth-order valence-electron chi connectivity index (χ4n) is 6.15. The molecule has 248 valence electrons. The van der Waals surface area contributed by atoms with Crippen molar-refractivity contribution < 1.29 is 29.3 Å². The van der Waals surface area contributed by atoms with Gasteiger partial charge >= 0.3 is 5.97 Å². The summed E-state index contributed by atoms with van der Waals surface area (Å²) < 4.78 is 11.0. The summed E-state index contributed by atoms with van der Waals surface area (Å²) in [5.74, 6) is 0.229. The van der Waals surface area contributed by atoms with Crippen LogP contribution in [-0.4, -0.2) is 70.3 Å². The summed E-state index contributed by atoms with van der Waals surface area (Å²) in [6.07, 6.45) is 7.15. The molecule has 2 heterocycles. The topological polar surface area (TPSA) is 200 Å². The van der Waals surface area contributed by atoms with Crippen molar-refractivity contribution in [1.29, 1.82) is 0 Å². The maximum Gasteiger partial charge on any atom is 0.302 e. The van der Waals surface area contributed by atoms with E-state index < -0.39 is 23.6 Å². The zero-order chi connectivity index (χ0) is 33.0. The van der Waals surface area contributed by atoms with E-state index in [1.807, 2.05) is 18.2 Å². The summed E-state index contributed by atoms with van der Waals surface area (Å²) in [5, 5.41) is 21.6. The van der Waals surface area contributed by atoms with Gasteiger partial charge in [0.1, 0.15) is 11.9 Å². The van der Waals surface area contributed by atoms with Gasteiger partial charge in [-0.2, -0.15) is 0 Å². The van der Waals surface area contributed by atoms with Gasteiger partial charge in [-0.25, -0.2) is 4.98 Å². The number of hydrogen-bond acceptors (Lipinski definition) is 9. The van der Waals surface area contributed by atoms with Crippen LogP contribution >= 0.6 is 0 Å². The smallest absolute Gasteiger partial charge is 0.302 e. The molecule has 12 heteroatoms. The molecule has 2 aromatic rings. The Morgan fingerprint density at radius 1 is 1.20 bits per heavy atom. The number of aromatic nitrogens is 1. The fourth-order valence-corrected chi connectivity index (χ4v) is 6.15. The zero-order valence-corrected chi connectivity index (χ0v) is 26.8. The molecule has 0 radical (unpaired) electrons. The van der Waals surface area contributed by atoms with Crippen LogP contribution < -0.4 is 21.9 Å². The van der Waals surface area contributed by atoms with Crippen LogP contribution in [0.25, 0.3) is 0 Å². The largest absolute Gasteiger partial charge is 0.504 e. The number of nitrogens with zero attached hydrogens (tertiary/aromatic N) is 3. The number of benzene rings is 1. The van der Waals surface area contributed by atoms with Crippen LogP contribution in [0.3, 0.4) is 0 Å². The predicted molar refractivity (Wildman–Crippen MR) is 173 cm³/mol. The monoisotopic (exact) mass is 626 g/mol. The van der Waals surface area contributed by atoms with Gasteiger partial charge in [-0.1, -0.05) is 32.3 Å². The minimum atomic E-state index is -0.553. The van der Waals surface area contributed by atoms with Gasteiger partial charge in [0.15, 0.2) is 17.5 Å². The van der Waals surface area contributed by atoms with Gasteiger partial charge in [-0.3, -0.25) is 14.6 Å². The van der Waals surface area contributed by atoms with Crippen LogP contribution in [0.4, 0.5) is 5.82 Å². The Labute approximate surface area is 266 Å². The van der Waals surface area contributed by atoms with Gasteiger partial charge in [0, 0.05) is 56.6 Å². The third-order valence-electron chi connectivity index (χ3n) is 8.32. The second-order valence-electron chi connectivity index (χ2n) is 12.2. The molecule has 1 saturated heterocycles. The Balaban J connectivity index is 1.78. The second kappa shape index (κ2) is 16.9. The lowest BCUT2D eigenvalue weighted by Crippen LogP contribution is -2.31. The Bertz CT molecular complexity index is 1320. The molecule has 0 saturated carbocycles. The molecule has 0 unspecified atom stereocenters. The van der Waals surface area contributed by atoms with Gasteiger partial charge in [-0.15, -0.1) is 0 Å². The number of guanidine groups is 1. The summed E-state index contributed by atoms with van der Waals surface area (Å²) in [5.41, 5.74) is 19.0. The van der Waals surface area contributed by atoms with Crippen molar-refractivity contribution in [3.8, 4) is 11.5 Å². The van der Waals surface area contributed by atoms with E-state index in [1.165, 1.54) is 14.0 Å². The minimum absolute atomic E-state index is 0.00439. The molecule has 1 aliphatic rings. The number of hydrogen-bond donors (Lipinski definition) is 5. The number of amides is 1. The molecule has 0 spiro atoms. The summed E-state index contributed by atoms with van der Waals surface area (Å²) >= 11 is 0. The first-order valence-corrected chi connectivity index (χ1v) is 15.7. The Morgan fingerprint density at radius 2 is 1.98 bits per heavy atom. The van der Waals surface area contributed by atoms with Gasteiger partial charge in [0.2, 0.25) is 5.91 Å². The molecule has 3 atom stereocenters. The molecule has 1 fully saturated rings. The van der Waals surface area contributed by atoms with E-state index in [-0.39, 0.29) is 30.6 Å². The summed E-state index contributed by atoms with van der Waals surface area (Å²) in [4.78, 5) is 35.2. The number of aryl methyl sites for hydroxylation is 1. The quantitative estimate of drug-likeness (QED) is 0.0708. The summed E-state index contributed by atoms with van der Waals surface area (Å²) in [6.45, 7) is 4.46. The number of esters is 1. The number of carbonyl (C=O) groups is 2. The first-order chi connectivity index (χ1) is 21.4. The minimum Gasteiger partial charge on any atom is -0.504 e. The van der Waals surface area contributed by atoms with Crippen LogP contribution in [-0.2, 0) is 33.7 Å². The fraction of sp³-hybridized carbons (Fsp3) is 0.576. The molecule has 45 heavy (non-hydrogen) atoms. The van der Waals surface area contributed by atoms with Crippen molar-refractivity contribution in [2.75, 3.05) is 25.9 Å². The lowest BCUT2D eigenvalue weighted by Gasteiger charge is -2.29. The first-order valence-electron chi connectivity index (χ1n) is 15.7. The Morgan fingerprint density at radius 3 is 2.64 bits per heavy atom. The molecule has 0 bridgehead atoms. The van der Waals surface area contributed by atoms with Crippen molar-refractivity contribution in [3.63, 3.8) is 0 Å². The number of aliphatic hydroxyl groups excluding tert-OH is 1. The van der Waals surface area contributed by atoms with E-state index in [0.717, 1.165) is 30.4 Å². The number of pyridine rings is 1. The molecule has 3 rings (SSSR count). The Kier molecular flexibility index (Phi) is 13.3. The average molecular weight is 627 g/mol. The second-order valence-corrected chi connectivity index (χ2v) is 12.2. The van der Waals surface area contributed by atoms with Crippen LogP contribution in [0, 0.1) is 5.41 Å². The maximum atomic E-state index is 13.4. The summed E-state index contributed by atoms with van der Waals surface area (Å²) in [7, 11) is 1.48. The third-order valence-corrected chi connectivity index (χ3v) is 8.32. The predicted octanol–water partition coefficient (Wildman–Crippen LogP) is 3.20. The van der Waals surface area contributed by atoms with E-state index in [1.54, 1.807) is 17.2 Å². The van der Waals surface area contributed by atoms with Gasteiger partial charge in [-0.05, 0) is 61.4 Å². The number of aliphatic imine (C=N–C) groups is 1. The molecule has 1 aliphatic heterocycles. The molecule has 1 aromatic carbocycles. The maximum absolute atomic E-state index is 13.4. The number of rotatable bonds is 18. The standard InChI is InChI=1S/C33H50N6O6/c1-4-5-6-7-26(41)17-27(45-22(2)40)9-8-23-14-25(31(43)28(15-23)44-3)20-39-21-33(19-30(39)42,11-13-38-32(35)36)18-24-10-12-37-29(34)16-24/h10,12,14-16,26-27,41,43H,4-9,11,13,17-21H2,1-3H3,(H2,34,37)(H4,35,36,38)/t26-,27+,33-/m0/s1. The number of anilines is 1. The van der Waals surface area contributed by atoms with Crippen LogP contribution in [0.1, 0.15) is 81.9 Å². The number of nitrogens with two attached hydrogens (primary N) is 3. The van der Waals surface area contributed by atoms with Crippen molar-refractivity contribution in [2.24, 2.45) is 21.9 Å². The molecule has 1 aromatic heterocycles. The normalized spacial score (nSPS) is 17.6. The first kappa shape index (κ1) is 35.4. The number of ether oxygens (including phenoxy) is 2. The molecule has 8 N–H and O–H groups in total. The van der Waals surface area contributed by atoms with E-state index >= 15 is 0 Å². The number of nitrogen functional groups attached to an aromatic ring is 1. The third kappa shape index (κ3) is 11.1. The zero-order valence-electron chi connectivity index (χ0n) is 26.8. The SMILES string of the molecule is CCCCC[C@H](O)C[C@@H](CCc1cc(CN2C[C@@](CCN=C(N)N)(Cc3ccnc(N)c3)CC2=O)c(O)c(OC)c1)OC(C)=O. The molecular weight excluding hydrogens is 576 g/mol. The molecular formula is C33H50N6O6. The highest BCUT2D eigenvalue weighted by atomic mass is 16.5. The van der Waals surface area contributed by atoms with Crippen molar-refractivity contribution >= 4 is 23.7 Å². The van der Waals surface area contributed by atoms with E-state index in [4.69, 9.17) is 26.7 Å². The van der Waals surface area contributed by atoms with Gasteiger partial charge < -0.3 is 41.8 Å². The molecule has 0 aliphatic carbocycles. The highest BCUT2D eigenvalue weighted by molar-refractivity contribution is 5.80. The number of carbonyl (C=O) groups excluding carboxylic acids is 2. The number of methoxy groups -OCH3 is 1. The number of aliphatic hydroxyl groups is 1. The van der Waals surface area contributed by atoms with E-state index in [0.29, 0.717) is 68.7 Å². The lowest BCUT2D eigenvalue weighted by molar-refractivity contribution is -0.148. The van der Waals surface area contributed by atoms with Gasteiger partial charge in [0.05, 0.1) is 13.2 Å². The average Bonchev–Trinajstić information content (AvgIpc) is 3.26. The number of phenols is 1. The highest BCUT2D eigenvalue weighted by Crippen LogP contribution is 2.41. The summed E-state index contributed by atoms with van der Waals surface area (Å²) in [6, 6.07) is 7.30. The van der Waals surface area contributed by atoms with Crippen molar-refractivity contribution in [3.05, 3.63) is 47.2 Å². The van der Waals surface area contributed by atoms with Crippen molar-refractivity contribution in [2.45, 2.75) is 96.8 Å². The van der Waals surface area contributed by atoms with Crippen LogP contribution in [0.5, 0.6) is 11.5 Å². The van der Waals surface area contributed by atoms with Crippen LogP contribution in [0.2, 0.25) is 0 Å². The van der Waals surface area contributed by atoms with Gasteiger partial charge in [0.25, 0.3) is 0 Å². The number of phenolic OH excluding ortho intramolecular Hbond substituents is 1. The molecule has 12 nitrogen and oxygen atoms in total. The highest BCUT2D eigenvalue weighted by Gasteiger charge is 2.43. The van der Waals surface area contributed by atoms with Crippen molar-refractivity contribution in [1.82, 2.24) is 9.88 Å².